The first-order valence-corrected chi connectivity index (χ1v) is 7.34. The smallest absolute Gasteiger partial charge is 0.253 e. The maximum absolute atomic E-state index is 12.6. The summed E-state index contributed by atoms with van der Waals surface area (Å²) in [6.07, 6.45) is 0.410. The largest absolute Gasteiger partial charge is 0.337 e. The van der Waals surface area contributed by atoms with Gasteiger partial charge < -0.3 is 15.1 Å². The summed E-state index contributed by atoms with van der Waals surface area (Å²) in [6.45, 7) is 3.72. The van der Waals surface area contributed by atoms with E-state index in [2.05, 4.69) is 31.2 Å². The van der Waals surface area contributed by atoms with Gasteiger partial charge in [-0.15, -0.1) is 0 Å². The number of nitrogens with zero attached hydrogens (tertiary/aromatic N) is 2. The number of benzene rings is 1. The van der Waals surface area contributed by atoms with Crippen molar-refractivity contribution in [3.05, 3.63) is 29.3 Å². The number of fused-ring (bicyclic) bond motifs is 1. The van der Waals surface area contributed by atoms with Crippen molar-refractivity contribution >= 4 is 17.5 Å². The summed E-state index contributed by atoms with van der Waals surface area (Å²) in [5.41, 5.74) is 2.40. The van der Waals surface area contributed by atoms with Crippen LogP contribution in [0.2, 0.25) is 0 Å². The van der Waals surface area contributed by atoms with Crippen LogP contribution in [0.4, 0.5) is 5.69 Å². The van der Waals surface area contributed by atoms with Crippen LogP contribution in [0, 0.1) is 5.92 Å². The highest BCUT2D eigenvalue weighted by Crippen LogP contribution is 2.26. The zero-order valence-corrected chi connectivity index (χ0v) is 12.7. The molecule has 1 saturated heterocycles. The molecular weight excluding hydrogens is 266 g/mol. The van der Waals surface area contributed by atoms with Crippen molar-refractivity contribution in [2.24, 2.45) is 5.92 Å². The average Bonchev–Trinajstić information content (AvgIpc) is 2.98. The van der Waals surface area contributed by atoms with Crippen LogP contribution in [0.3, 0.4) is 0 Å². The number of rotatable bonds is 2. The summed E-state index contributed by atoms with van der Waals surface area (Å²) in [7, 11) is 4.11. The minimum absolute atomic E-state index is 0.00272. The Labute approximate surface area is 124 Å². The van der Waals surface area contributed by atoms with Gasteiger partial charge in [0, 0.05) is 30.4 Å². The van der Waals surface area contributed by atoms with Gasteiger partial charge in [-0.25, -0.2) is 0 Å². The third-order valence-corrected chi connectivity index (χ3v) is 4.51. The molecule has 0 saturated carbocycles. The maximum Gasteiger partial charge on any atom is 0.253 e. The number of likely N-dealkylation sites (N-methyl/N-ethyl adjacent to an activating group) is 1. The van der Waals surface area contributed by atoms with Crippen molar-refractivity contribution in [1.82, 2.24) is 9.80 Å². The molecule has 1 N–H and O–H groups in total. The van der Waals surface area contributed by atoms with E-state index in [1.54, 1.807) is 6.07 Å². The van der Waals surface area contributed by atoms with E-state index in [1.165, 1.54) is 0 Å². The first-order chi connectivity index (χ1) is 9.95. The minimum Gasteiger partial charge on any atom is -0.337 e. The highest BCUT2D eigenvalue weighted by molar-refractivity contribution is 6.02. The Kier molecular flexibility index (Phi) is 3.45. The van der Waals surface area contributed by atoms with Crippen molar-refractivity contribution in [1.29, 1.82) is 0 Å². The van der Waals surface area contributed by atoms with Crippen molar-refractivity contribution in [2.75, 3.05) is 32.5 Å². The van der Waals surface area contributed by atoms with E-state index in [0.717, 1.165) is 24.3 Å². The first-order valence-electron chi connectivity index (χ1n) is 7.34. The molecule has 1 aromatic rings. The number of anilines is 1. The first kappa shape index (κ1) is 14.1. The van der Waals surface area contributed by atoms with E-state index in [1.807, 2.05) is 17.0 Å². The van der Waals surface area contributed by atoms with E-state index in [9.17, 15) is 9.59 Å². The second-order valence-electron chi connectivity index (χ2n) is 6.32. The predicted octanol–water partition coefficient (Wildman–Crippen LogP) is 1.20. The van der Waals surface area contributed by atoms with E-state index in [0.29, 0.717) is 23.9 Å². The summed E-state index contributed by atoms with van der Waals surface area (Å²) < 4.78 is 0. The van der Waals surface area contributed by atoms with Gasteiger partial charge in [0.1, 0.15) is 0 Å². The number of hydrogen-bond acceptors (Lipinski definition) is 3. The van der Waals surface area contributed by atoms with E-state index >= 15 is 0 Å². The molecule has 21 heavy (non-hydrogen) atoms. The normalized spacial score (nSPS) is 24.4. The van der Waals surface area contributed by atoms with Crippen molar-refractivity contribution in [3.8, 4) is 0 Å². The van der Waals surface area contributed by atoms with Crippen molar-refractivity contribution < 1.29 is 9.59 Å². The molecule has 0 bridgehead atoms. The highest BCUT2D eigenvalue weighted by atomic mass is 16.2. The van der Waals surface area contributed by atoms with Gasteiger partial charge >= 0.3 is 0 Å². The van der Waals surface area contributed by atoms with Crippen LogP contribution in [0.1, 0.15) is 22.8 Å². The standard InChI is InChI=1S/C16H21N3O2/c1-10-8-19(9-14(10)18(2)3)16(21)12-5-4-11-7-15(20)17-13(11)6-12/h4-6,10,14H,7-9H2,1-3H3,(H,17,20). The molecule has 2 amide bonds. The zero-order chi connectivity index (χ0) is 15.1. The third kappa shape index (κ3) is 2.53. The van der Waals surface area contributed by atoms with Crippen LogP contribution in [-0.2, 0) is 11.2 Å². The van der Waals surface area contributed by atoms with Crippen LogP contribution in [0.25, 0.3) is 0 Å². The predicted molar refractivity (Wildman–Crippen MR) is 81.3 cm³/mol. The Morgan fingerprint density at radius 1 is 1.33 bits per heavy atom. The van der Waals surface area contributed by atoms with Crippen molar-refractivity contribution in [3.63, 3.8) is 0 Å². The Bertz CT molecular complexity index is 597. The van der Waals surface area contributed by atoms with Gasteiger partial charge in [0.25, 0.3) is 5.91 Å². The summed E-state index contributed by atoms with van der Waals surface area (Å²) in [5.74, 6) is 0.519. The number of likely N-dealkylation sites (tertiary alicyclic amines) is 1. The quantitative estimate of drug-likeness (QED) is 0.889. The van der Waals surface area contributed by atoms with Gasteiger partial charge in [-0.1, -0.05) is 13.0 Å². The molecule has 2 aliphatic heterocycles. The van der Waals surface area contributed by atoms with Gasteiger partial charge in [-0.05, 0) is 37.7 Å². The molecule has 2 heterocycles. The lowest BCUT2D eigenvalue weighted by molar-refractivity contribution is -0.115. The molecule has 0 aromatic heterocycles. The molecule has 2 atom stereocenters. The lowest BCUT2D eigenvalue weighted by Crippen LogP contribution is -2.35. The van der Waals surface area contributed by atoms with Crippen LogP contribution in [-0.4, -0.2) is 54.8 Å². The number of carbonyl (C=O) groups excluding carboxylic acids is 2. The molecule has 3 rings (SSSR count). The van der Waals surface area contributed by atoms with Crippen LogP contribution in [0.5, 0.6) is 0 Å². The molecule has 2 unspecified atom stereocenters. The molecule has 112 valence electrons. The topological polar surface area (TPSA) is 52.7 Å². The maximum atomic E-state index is 12.6. The van der Waals surface area contributed by atoms with Crippen molar-refractivity contribution in [2.45, 2.75) is 19.4 Å². The molecular formula is C16H21N3O2. The van der Waals surface area contributed by atoms with Gasteiger partial charge in [0.2, 0.25) is 5.91 Å². The Balaban J connectivity index is 1.78. The highest BCUT2D eigenvalue weighted by Gasteiger charge is 2.34. The number of carbonyl (C=O) groups is 2. The number of hydrogen-bond donors (Lipinski definition) is 1. The summed E-state index contributed by atoms with van der Waals surface area (Å²) in [4.78, 5) is 28.1. The van der Waals surface area contributed by atoms with Gasteiger partial charge in [-0.3, -0.25) is 9.59 Å². The molecule has 2 aliphatic rings. The lowest BCUT2D eigenvalue weighted by atomic mass is 10.1. The summed E-state index contributed by atoms with van der Waals surface area (Å²) in [6, 6.07) is 5.91. The zero-order valence-electron chi connectivity index (χ0n) is 12.7. The molecule has 0 spiro atoms. The summed E-state index contributed by atoms with van der Waals surface area (Å²) >= 11 is 0. The van der Waals surface area contributed by atoms with E-state index < -0.39 is 0 Å². The molecule has 5 heteroatoms. The van der Waals surface area contributed by atoms with Crippen LogP contribution >= 0.6 is 0 Å². The summed E-state index contributed by atoms with van der Waals surface area (Å²) in [5, 5.41) is 2.80. The monoisotopic (exact) mass is 287 g/mol. The molecule has 5 nitrogen and oxygen atoms in total. The molecule has 1 aromatic carbocycles. The molecule has 1 fully saturated rings. The minimum atomic E-state index is -0.00272. The van der Waals surface area contributed by atoms with Crippen LogP contribution in [0.15, 0.2) is 18.2 Å². The fraction of sp³-hybridized carbons (Fsp3) is 0.500. The fourth-order valence-corrected chi connectivity index (χ4v) is 3.32. The third-order valence-electron chi connectivity index (χ3n) is 4.51. The number of nitrogens with one attached hydrogen (secondary N) is 1. The Morgan fingerprint density at radius 2 is 2.10 bits per heavy atom. The average molecular weight is 287 g/mol. The van der Waals surface area contributed by atoms with Gasteiger partial charge in [0.15, 0.2) is 0 Å². The molecule has 0 aliphatic carbocycles. The second kappa shape index (κ2) is 5.15. The van der Waals surface area contributed by atoms with Crippen LogP contribution < -0.4 is 5.32 Å². The lowest BCUT2D eigenvalue weighted by Gasteiger charge is -2.22. The SMILES string of the molecule is CC1CN(C(=O)c2ccc3c(c2)NC(=O)C3)CC1N(C)C. The Hall–Kier alpha value is -1.88. The fourth-order valence-electron chi connectivity index (χ4n) is 3.32. The number of amides is 2. The van der Waals surface area contributed by atoms with Gasteiger partial charge in [0.05, 0.1) is 6.42 Å². The van der Waals surface area contributed by atoms with Gasteiger partial charge in [-0.2, -0.15) is 0 Å². The second-order valence-corrected chi connectivity index (χ2v) is 6.32. The van der Waals surface area contributed by atoms with E-state index in [-0.39, 0.29) is 11.8 Å². The van der Waals surface area contributed by atoms with E-state index in [4.69, 9.17) is 0 Å². The molecule has 0 radical (unpaired) electrons. The Morgan fingerprint density at radius 3 is 2.76 bits per heavy atom.